The normalized spacial score (nSPS) is 10.4. The molecule has 15 nitrogen and oxygen atoms in total. The van der Waals surface area contributed by atoms with E-state index in [2.05, 4.69) is 151 Å². The summed E-state index contributed by atoms with van der Waals surface area (Å²) in [5, 5.41) is 33.6. The van der Waals surface area contributed by atoms with Crippen molar-refractivity contribution in [1.82, 2.24) is 50.5 Å². The van der Waals surface area contributed by atoms with Crippen LogP contribution in [0.3, 0.4) is 0 Å². The van der Waals surface area contributed by atoms with Crippen LogP contribution in [-0.4, -0.2) is 56.4 Å². The minimum atomic E-state index is -0.388. The number of fused-ring (bicyclic) bond motifs is 5. The van der Waals surface area contributed by atoms with Crippen molar-refractivity contribution in [3.05, 3.63) is 351 Å². The Bertz CT molecular complexity index is 5580. The number of carbonyl (C=O) groups is 1. The summed E-state index contributed by atoms with van der Waals surface area (Å²) >= 11 is 23.5. The number of halogens is 4. The maximum Gasteiger partial charge on any atom is 0.340 e. The van der Waals surface area contributed by atoms with Gasteiger partial charge in [-0.05, 0) is 199 Å². The van der Waals surface area contributed by atoms with Crippen molar-refractivity contribution in [2.75, 3.05) is 0 Å². The second-order valence-corrected chi connectivity index (χ2v) is 25.5. The minimum Gasteiger partial charge on any atom is -0.366 e. The molecule has 0 radical (unpaired) electrons. The molecular weight excluding hydrogens is 1340 g/mol. The molecule has 16 rings (SSSR count). The van der Waals surface area contributed by atoms with Gasteiger partial charge >= 0.3 is 17.1 Å². The Morgan fingerprint density at radius 2 is 0.802 bits per heavy atom. The van der Waals surface area contributed by atoms with Crippen molar-refractivity contribution < 1.29 is 4.79 Å². The van der Waals surface area contributed by atoms with E-state index in [0.29, 0.717) is 23.0 Å². The number of rotatable bonds is 4. The standard InChI is InChI=1S/4C11H9Cl.C11H10N2O.3C9H9N3O/c1-8-2-3-10-7-11(12)5-4-9(10)6-8;1-8-2-3-9-4-5-11(12)7-10(9)6-8;1-8-3-2-4-9-7-10(12)5-6-11(8)9;1-8-3-2-4-9-5-6-10(12)7-11(8)9;1-7-4-9-6-13-3-2-8(9)5-10(7)11(12)14;1-6-2-4-7(5-3-6)8-10-9(13)12-11-8;1-6-3-2-4-7(5-6)8-10-9(13)12-11-8;1-6-4-2-3-5-7(6)8-10-9(13)12-11-8/h4*2-7H,1H3;2-6H,1H3,(H2,12,14);3*2-5H,1H3,(H2,10,11,12,13). The second kappa shape index (κ2) is 35.4. The van der Waals surface area contributed by atoms with Crippen molar-refractivity contribution in [2.24, 2.45) is 5.73 Å². The average molecular weight is 1420 g/mol. The summed E-state index contributed by atoms with van der Waals surface area (Å²) in [6.45, 7) is 16.2. The first-order valence-corrected chi connectivity index (χ1v) is 33.4. The van der Waals surface area contributed by atoms with Crippen molar-refractivity contribution in [1.29, 1.82) is 0 Å². The number of pyridine rings is 1. The molecule has 0 spiro atoms. The molecule has 0 aliphatic rings. The van der Waals surface area contributed by atoms with Gasteiger partial charge in [-0.1, -0.05) is 232 Å². The molecule has 0 aliphatic carbocycles. The number of hydrogen-bond donors (Lipinski definition) is 7. The Balaban J connectivity index is 0.000000135. The third kappa shape index (κ3) is 21.5. The van der Waals surface area contributed by atoms with Gasteiger partial charge < -0.3 is 5.73 Å². The van der Waals surface area contributed by atoms with Crippen LogP contribution >= 0.6 is 46.4 Å². The lowest BCUT2D eigenvalue weighted by Gasteiger charge is -2.03. The molecule has 0 unspecified atom stereocenters. The van der Waals surface area contributed by atoms with E-state index >= 15 is 0 Å². The fourth-order valence-electron chi connectivity index (χ4n) is 10.6. The Kier molecular flexibility index (Phi) is 25.8. The Morgan fingerprint density at radius 3 is 1.42 bits per heavy atom. The van der Waals surface area contributed by atoms with Crippen LogP contribution in [0.15, 0.2) is 263 Å². The first kappa shape index (κ1) is 73.8. The number of nitrogens with zero attached hydrogens (tertiary/aromatic N) is 4. The summed E-state index contributed by atoms with van der Waals surface area (Å²) in [6.07, 6.45) is 3.47. The predicted molar refractivity (Wildman–Crippen MR) is 418 cm³/mol. The molecule has 0 fully saturated rings. The fourth-order valence-corrected chi connectivity index (χ4v) is 11.3. The average Bonchev–Trinajstić information content (AvgIpc) is 1.85. The van der Waals surface area contributed by atoms with Gasteiger partial charge in [-0.15, -0.1) is 0 Å². The highest BCUT2D eigenvalue weighted by molar-refractivity contribution is 6.32. The van der Waals surface area contributed by atoms with Crippen molar-refractivity contribution >= 4 is 106 Å². The van der Waals surface area contributed by atoms with E-state index in [4.69, 9.17) is 52.1 Å². The largest absolute Gasteiger partial charge is 0.366 e. The highest BCUT2D eigenvalue weighted by Crippen LogP contribution is 2.26. The van der Waals surface area contributed by atoms with Crippen molar-refractivity contribution in [2.45, 2.75) is 55.4 Å². The van der Waals surface area contributed by atoms with Gasteiger partial charge in [0.2, 0.25) is 5.91 Å². The monoisotopic (exact) mass is 1420 g/mol. The molecule has 4 heterocycles. The molecule has 508 valence electrons. The Morgan fingerprint density at radius 1 is 0.337 bits per heavy atom. The van der Waals surface area contributed by atoms with Crippen LogP contribution in [-0.2, 0) is 0 Å². The molecule has 12 aromatic carbocycles. The zero-order valence-corrected chi connectivity index (χ0v) is 59.7. The summed E-state index contributed by atoms with van der Waals surface area (Å²) in [6, 6.07) is 77.9. The molecule has 1 amide bonds. The number of aryl methyl sites for hydroxylation is 8. The van der Waals surface area contributed by atoms with E-state index in [1.54, 1.807) is 18.5 Å². The molecule has 19 heteroatoms. The van der Waals surface area contributed by atoms with Gasteiger partial charge in [0, 0.05) is 60.1 Å². The van der Waals surface area contributed by atoms with Gasteiger partial charge in [0.15, 0.2) is 17.5 Å². The first-order chi connectivity index (χ1) is 48.5. The SMILES string of the molecule is Cc1cc2cnccc2cc1C(N)=O.Cc1ccc(-c2n[nH]c(=O)[nH]2)cc1.Cc1ccc2cc(Cl)ccc2c1.Cc1ccc2ccc(Cl)cc2c1.Cc1cccc(-c2n[nH]c(=O)[nH]2)c1.Cc1cccc2cc(Cl)ccc12.Cc1cccc2ccc(Cl)cc12.Cc1ccccc1-c1n[nH]c(=O)[nH]1. The molecule has 0 saturated carbocycles. The summed E-state index contributed by atoms with van der Waals surface area (Å²) in [5.41, 5.74) is 17.2. The summed E-state index contributed by atoms with van der Waals surface area (Å²) in [5.74, 6) is 1.35. The number of benzene rings is 12. The maximum absolute atomic E-state index is 11.1. The van der Waals surface area contributed by atoms with E-state index in [1.165, 1.54) is 70.9 Å². The van der Waals surface area contributed by atoms with Crippen LogP contribution in [0.4, 0.5) is 0 Å². The van der Waals surface area contributed by atoms with E-state index in [1.807, 2.05) is 185 Å². The Labute approximate surface area is 603 Å². The number of nitrogens with one attached hydrogen (secondary N) is 6. The quantitative estimate of drug-likeness (QED) is 0.0892. The number of aromatic amines is 6. The molecule has 4 aromatic heterocycles. The predicted octanol–water partition coefficient (Wildman–Crippen LogP) is 20.1. The number of aromatic nitrogens is 10. The topological polar surface area (TPSA) is 241 Å². The minimum absolute atomic E-state index is 0.279. The fraction of sp³-hybridized carbons (Fsp3) is 0.0976. The molecule has 16 aromatic rings. The highest BCUT2D eigenvalue weighted by Gasteiger charge is 2.08. The lowest BCUT2D eigenvalue weighted by Crippen LogP contribution is -2.12. The van der Waals surface area contributed by atoms with E-state index in [0.717, 1.165) is 64.2 Å². The van der Waals surface area contributed by atoms with Crippen molar-refractivity contribution in [3.63, 3.8) is 0 Å². The molecule has 0 bridgehead atoms. The van der Waals surface area contributed by atoms with Gasteiger partial charge in [0.1, 0.15) is 0 Å². The molecule has 0 saturated heterocycles. The van der Waals surface area contributed by atoms with Gasteiger partial charge in [-0.25, -0.2) is 29.7 Å². The molecule has 8 N–H and O–H groups in total. The second-order valence-electron chi connectivity index (χ2n) is 23.8. The number of amides is 1. The summed E-state index contributed by atoms with van der Waals surface area (Å²) in [4.78, 5) is 55.2. The summed E-state index contributed by atoms with van der Waals surface area (Å²) < 4.78 is 0. The van der Waals surface area contributed by atoms with E-state index in [9.17, 15) is 19.2 Å². The zero-order chi connectivity index (χ0) is 72.1. The number of primary amides is 1. The first-order valence-electron chi connectivity index (χ1n) is 31.9. The van der Waals surface area contributed by atoms with Crippen LogP contribution in [0.5, 0.6) is 0 Å². The van der Waals surface area contributed by atoms with Crippen LogP contribution in [0.25, 0.3) is 88.0 Å². The van der Waals surface area contributed by atoms with Crippen molar-refractivity contribution in [3.8, 4) is 34.2 Å². The number of H-pyrrole nitrogens is 6. The number of nitrogens with two attached hydrogens (primary N) is 1. The third-order valence-corrected chi connectivity index (χ3v) is 16.7. The van der Waals surface area contributed by atoms with Crippen LogP contribution in [0, 0.1) is 55.4 Å². The Hall–Kier alpha value is -11.5. The zero-order valence-electron chi connectivity index (χ0n) is 56.7. The van der Waals surface area contributed by atoms with Gasteiger partial charge in [0.25, 0.3) is 0 Å². The van der Waals surface area contributed by atoms with Gasteiger partial charge in [0.05, 0.1) is 0 Å². The van der Waals surface area contributed by atoms with Gasteiger partial charge in [-0.3, -0.25) is 24.7 Å². The van der Waals surface area contributed by atoms with E-state index in [-0.39, 0.29) is 23.0 Å². The third-order valence-electron chi connectivity index (χ3n) is 15.8. The van der Waals surface area contributed by atoms with E-state index < -0.39 is 0 Å². The molecular formula is C82H73Cl4N11O4. The molecule has 0 aliphatic heterocycles. The molecule has 101 heavy (non-hydrogen) atoms. The lowest BCUT2D eigenvalue weighted by atomic mass is 10.0. The molecule has 0 atom stereocenters. The smallest absolute Gasteiger partial charge is 0.340 e. The van der Waals surface area contributed by atoms with Gasteiger partial charge in [-0.2, -0.15) is 15.3 Å². The number of carbonyl (C=O) groups excluding carboxylic acids is 1. The van der Waals surface area contributed by atoms with Crippen LogP contribution in [0.2, 0.25) is 20.1 Å². The highest BCUT2D eigenvalue weighted by atomic mass is 35.5. The lowest BCUT2D eigenvalue weighted by molar-refractivity contribution is 0.0999. The van der Waals surface area contributed by atoms with Crippen LogP contribution < -0.4 is 22.8 Å². The summed E-state index contributed by atoms with van der Waals surface area (Å²) in [7, 11) is 0. The van der Waals surface area contributed by atoms with Crippen LogP contribution in [0.1, 0.15) is 54.9 Å². The maximum atomic E-state index is 11.1. The number of hydrogen-bond acceptors (Lipinski definition) is 8.